The molecule has 2 unspecified atom stereocenters. The molecule has 4 aromatic carbocycles. The molecular weight excluding hydrogens is 746 g/mol. The van der Waals surface area contributed by atoms with E-state index in [9.17, 15) is 36.6 Å². The summed E-state index contributed by atoms with van der Waals surface area (Å²) in [5.41, 5.74) is -4.20. The van der Waals surface area contributed by atoms with Crippen LogP contribution in [0.3, 0.4) is 0 Å². The monoisotopic (exact) mass is 794 g/mol. The fourth-order valence-electron chi connectivity index (χ4n) is 7.45. The molecule has 12 heteroatoms. The van der Waals surface area contributed by atoms with E-state index in [-0.39, 0.29) is 0 Å². The highest BCUT2D eigenvalue weighted by Crippen LogP contribution is 2.45. The third-order valence-corrected chi connectivity index (χ3v) is 10.5. The van der Waals surface area contributed by atoms with E-state index >= 15 is 0 Å². The Bertz CT molecular complexity index is 2240. The summed E-state index contributed by atoms with van der Waals surface area (Å²) in [5.74, 6) is 1.13. The standard InChI is InChI=1S/C23H24F3NO2.C22H24F3NO2/c1-21(2,17-7-6-8-18(13-17)29-3)15-22(28,23(24,25)26)14-16-11-12-27-20-10-5-4-9-19(16)20;1-20(2,16-8-6-9-18(12-16)28-3)14-21(27,22(23,24)25)13-17-11-15-7-4-5-10-19(15)26-17/h4-13,28H,14-15H2,1-3H3;4-12,26-27H,13-14H2,1-3H3. The fourth-order valence-corrected chi connectivity index (χ4v) is 7.45. The average molecular weight is 795 g/mol. The van der Waals surface area contributed by atoms with Crippen molar-refractivity contribution in [2.75, 3.05) is 14.2 Å². The van der Waals surface area contributed by atoms with Crippen LogP contribution >= 0.6 is 0 Å². The van der Waals surface area contributed by atoms with E-state index in [0.717, 1.165) is 10.9 Å². The van der Waals surface area contributed by atoms with Crippen molar-refractivity contribution >= 4 is 21.8 Å². The van der Waals surface area contributed by atoms with Crippen LogP contribution in [0.15, 0.2) is 115 Å². The Morgan fingerprint density at radius 2 is 1.11 bits per heavy atom. The third kappa shape index (κ3) is 9.91. The molecule has 0 saturated carbocycles. The summed E-state index contributed by atoms with van der Waals surface area (Å²) in [7, 11) is 3.01. The molecule has 0 amide bonds. The number of hydrogen-bond acceptors (Lipinski definition) is 5. The topological polar surface area (TPSA) is 87.6 Å². The number of fused-ring (bicyclic) bond motifs is 2. The normalized spacial score (nSPS) is 14.7. The number of para-hydroxylation sites is 2. The minimum Gasteiger partial charge on any atom is -0.497 e. The zero-order valence-corrected chi connectivity index (χ0v) is 32.7. The highest BCUT2D eigenvalue weighted by atomic mass is 19.4. The largest absolute Gasteiger partial charge is 0.497 e. The van der Waals surface area contributed by atoms with Crippen LogP contribution in [0.5, 0.6) is 11.5 Å². The van der Waals surface area contributed by atoms with Crippen molar-refractivity contribution in [1.82, 2.24) is 9.97 Å². The van der Waals surface area contributed by atoms with Crippen LogP contribution in [0.4, 0.5) is 26.3 Å². The molecule has 0 saturated heterocycles. The number of pyridine rings is 1. The molecule has 57 heavy (non-hydrogen) atoms. The van der Waals surface area contributed by atoms with E-state index in [0.29, 0.717) is 44.8 Å². The van der Waals surface area contributed by atoms with Crippen LogP contribution in [-0.4, -0.2) is 58.0 Å². The van der Waals surface area contributed by atoms with Crippen molar-refractivity contribution in [1.29, 1.82) is 0 Å². The van der Waals surface area contributed by atoms with Crippen LogP contribution in [0.2, 0.25) is 0 Å². The van der Waals surface area contributed by atoms with Gasteiger partial charge in [-0.3, -0.25) is 4.98 Å². The minimum atomic E-state index is -4.80. The van der Waals surface area contributed by atoms with E-state index in [2.05, 4.69) is 9.97 Å². The van der Waals surface area contributed by atoms with Gasteiger partial charge >= 0.3 is 12.4 Å². The van der Waals surface area contributed by atoms with Crippen LogP contribution in [0.1, 0.15) is 62.9 Å². The lowest BCUT2D eigenvalue weighted by molar-refractivity contribution is -0.266. The zero-order valence-electron chi connectivity index (χ0n) is 32.7. The summed E-state index contributed by atoms with van der Waals surface area (Å²) in [5, 5.41) is 23.1. The first-order valence-corrected chi connectivity index (χ1v) is 18.4. The highest BCUT2D eigenvalue weighted by molar-refractivity contribution is 5.82. The summed E-state index contributed by atoms with van der Waals surface area (Å²) < 4.78 is 94.5. The van der Waals surface area contributed by atoms with Crippen LogP contribution in [0, 0.1) is 0 Å². The third-order valence-electron chi connectivity index (χ3n) is 10.5. The first-order chi connectivity index (χ1) is 26.6. The van der Waals surface area contributed by atoms with E-state index < -0.39 is 60.1 Å². The van der Waals surface area contributed by atoms with Gasteiger partial charge in [0.05, 0.1) is 19.7 Å². The molecule has 0 bridgehead atoms. The van der Waals surface area contributed by atoms with Crippen LogP contribution < -0.4 is 9.47 Å². The number of aromatic nitrogens is 2. The Balaban J connectivity index is 0.000000218. The van der Waals surface area contributed by atoms with E-state index in [1.54, 1.807) is 113 Å². The SMILES string of the molecule is COc1cccc(C(C)(C)CC(O)(Cc2cc3ccccc3[nH]2)C(F)(F)F)c1.COc1cccc(C(C)(C)CC(O)(Cc2ccnc3ccccc23)C(F)(F)F)c1. The van der Waals surface area contributed by atoms with Gasteiger partial charge in [0.2, 0.25) is 0 Å². The molecule has 0 radical (unpaired) electrons. The van der Waals surface area contributed by atoms with Gasteiger partial charge in [-0.25, -0.2) is 0 Å². The number of hydrogen-bond donors (Lipinski definition) is 3. The molecule has 0 spiro atoms. The maximum atomic E-state index is 14.1. The molecule has 3 N–H and O–H groups in total. The number of H-pyrrole nitrogens is 1. The quantitative estimate of drug-likeness (QED) is 0.107. The number of benzene rings is 4. The Hall–Kier alpha value is -5.07. The molecule has 0 aliphatic rings. The molecule has 6 rings (SSSR count). The van der Waals surface area contributed by atoms with Gasteiger partial charge < -0.3 is 24.7 Å². The first kappa shape index (κ1) is 43.1. The molecule has 0 aliphatic carbocycles. The van der Waals surface area contributed by atoms with Crippen molar-refractivity contribution in [3.63, 3.8) is 0 Å². The number of nitrogens with one attached hydrogen (secondary N) is 1. The maximum Gasteiger partial charge on any atom is 0.417 e. The van der Waals surface area contributed by atoms with E-state index in [4.69, 9.17) is 9.47 Å². The van der Waals surface area contributed by atoms with Crippen molar-refractivity contribution < 1.29 is 46.0 Å². The Morgan fingerprint density at radius 3 is 1.63 bits per heavy atom. The lowest BCUT2D eigenvalue weighted by Gasteiger charge is -2.38. The number of aromatic amines is 1. The Kier molecular flexibility index (Phi) is 12.4. The first-order valence-electron chi connectivity index (χ1n) is 18.4. The van der Waals surface area contributed by atoms with Crippen LogP contribution in [0.25, 0.3) is 21.8 Å². The predicted octanol–water partition coefficient (Wildman–Crippen LogP) is 10.8. The Labute approximate surface area is 328 Å². The fraction of sp³-hybridized carbons (Fsp3) is 0.356. The highest BCUT2D eigenvalue weighted by Gasteiger charge is 2.57. The van der Waals surface area contributed by atoms with Gasteiger partial charge in [0, 0.05) is 35.6 Å². The van der Waals surface area contributed by atoms with Gasteiger partial charge in [-0.2, -0.15) is 26.3 Å². The predicted molar refractivity (Wildman–Crippen MR) is 211 cm³/mol. The maximum absolute atomic E-state index is 14.1. The second-order valence-electron chi connectivity index (χ2n) is 15.9. The number of aliphatic hydroxyl groups is 2. The number of halogens is 6. The molecule has 0 aliphatic heterocycles. The summed E-state index contributed by atoms with van der Waals surface area (Å²) in [4.78, 5) is 7.19. The molecular formula is C45H48F6N2O4. The number of rotatable bonds is 12. The minimum absolute atomic E-state index is 0.350. The molecule has 6 aromatic rings. The molecule has 2 aromatic heterocycles. The summed E-state index contributed by atoms with van der Waals surface area (Å²) in [6.07, 6.45) is -10.2. The van der Waals surface area contributed by atoms with Crippen molar-refractivity contribution in [2.24, 2.45) is 0 Å². The van der Waals surface area contributed by atoms with Gasteiger partial charge in [0.1, 0.15) is 11.5 Å². The summed E-state index contributed by atoms with van der Waals surface area (Å²) in [6, 6.07) is 31.3. The van der Waals surface area contributed by atoms with E-state index in [1.807, 2.05) is 18.2 Å². The molecule has 6 nitrogen and oxygen atoms in total. The number of alkyl halides is 6. The van der Waals surface area contributed by atoms with Gasteiger partial charge in [0.15, 0.2) is 11.2 Å². The van der Waals surface area contributed by atoms with Gasteiger partial charge in [0.25, 0.3) is 0 Å². The van der Waals surface area contributed by atoms with Crippen molar-refractivity contribution in [3.05, 3.63) is 138 Å². The van der Waals surface area contributed by atoms with Gasteiger partial charge in [-0.15, -0.1) is 0 Å². The van der Waals surface area contributed by atoms with Crippen molar-refractivity contribution in [2.45, 2.75) is 87.8 Å². The zero-order chi connectivity index (χ0) is 41.9. The summed E-state index contributed by atoms with van der Waals surface area (Å²) >= 11 is 0. The lowest BCUT2D eigenvalue weighted by atomic mass is 9.73. The van der Waals surface area contributed by atoms with Gasteiger partial charge in [-0.1, -0.05) is 88.4 Å². The smallest absolute Gasteiger partial charge is 0.417 e. The summed E-state index contributed by atoms with van der Waals surface area (Å²) in [6.45, 7) is 6.79. The Morgan fingerprint density at radius 1 is 0.596 bits per heavy atom. The second-order valence-corrected chi connectivity index (χ2v) is 15.9. The van der Waals surface area contributed by atoms with Crippen molar-refractivity contribution in [3.8, 4) is 11.5 Å². The molecule has 2 atom stereocenters. The van der Waals surface area contributed by atoms with E-state index in [1.165, 1.54) is 26.5 Å². The molecule has 304 valence electrons. The number of methoxy groups -OCH3 is 2. The second kappa shape index (κ2) is 16.4. The number of ether oxygens (including phenoxy) is 2. The lowest BCUT2D eigenvalue weighted by Crippen LogP contribution is -2.50. The number of nitrogens with zero attached hydrogens (tertiary/aromatic N) is 1. The molecule has 0 fully saturated rings. The van der Waals surface area contributed by atoms with Crippen LogP contribution in [-0.2, 0) is 23.7 Å². The average Bonchev–Trinajstić information content (AvgIpc) is 3.56. The van der Waals surface area contributed by atoms with Gasteiger partial charge in [-0.05, 0) is 94.3 Å². The molecule has 2 heterocycles.